The number of amides is 1. The van der Waals surface area contributed by atoms with Crippen LogP contribution in [0.4, 0.5) is 0 Å². The van der Waals surface area contributed by atoms with E-state index in [1.165, 1.54) is 28.7 Å². The summed E-state index contributed by atoms with van der Waals surface area (Å²) >= 11 is 2.71. The van der Waals surface area contributed by atoms with E-state index in [9.17, 15) is 9.59 Å². The monoisotopic (exact) mass is 475 g/mol. The Morgan fingerprint density at radius 3 is 2.64 bits per heavy atom. The first-order valence-corrected chi connectivity index (χ1v) is 12.5. The molecule has 4 rings (SSSR count). The first kappa shape index (κ1) is 23.0. The van der Waals surface area contributed by atoms with Gasteiger partial charge in [0.1, 0.15) is 4.83 Å². The van der Waals surface area contributed by atoms with Crippen LogP contribution >= 0.6 is 23.1 Å². The van der Waals surface area contributed by atoms with Gasteiger partial charge in [-0.15, -0.1) is 17.9 Å². The Morgan fingerprint density at radius 1 is 1.21 bits per heavy atom. The van der Waals surface area contributed by atoms with E-state index in [0.29, 0.717) is 21.9 Å². The Hall–Kier alpha value is -3.16. The molecule has 7 heteroatoms. The van der Waals surface area contributed by atoms with Crippen LogP contribution in [0.15, 0.2) is 82.6 Å². The van der Waals surface area contributed by atoms with Crippen molar-refractivity contribution in [1.29, 1.82) is 0 Å². The summed E-state index contributed by atoms with van der Waals surface area (Å²) in [6.07, 6.45) is 1.68. The van der Waals surface area contributed by atoms with E-state index in [1.54, 1.807) is 10.6 Å². The first-order valence-electron chi connectivity index (χ1n) is 10.6. The second-order valence-electron chi connectivity index (χ2n) is 7.78. The maximum absolute atomic E-state index is 13.4. The van der Waals surface area contributed by atoms with Gasteiger partial charge in [0.05, 0.1) is 17.2 Å². The minimum absolute atomic E-state index is 0.0977. The molecule has 0 aliphatic rings. The van der Waals surface area contributed by atoms with Crippen LogP contribution in [-0.2, 0) is 11.3 Å². The fraction of sp³-hybridized carbons (Fsp3) is 0.192. The molecule has 0 aliphatic carbocycles. The molecule has 168 valence electrons. The largest absolute Gasteiger partial charge is 0.349 e. The van der Waals surface area contributed by atoms with Crippen LogP contribution in [0.2, 0.25) is 0 Å². The second kappa shape index (κ2) is 10.2. The summed E-state index contributed by atoms with van der Waals surface area (Å²) in [5.41, 5.74) is 3.97. The summed E-state index contributed by atoms with van der Waals surface area (Å²) in [5.74, 6) is 0.0602. The quantitative estimate of drug-likeness (QED) is 0.205. The van der Waals surface area contributed by atoms with Crippen LogP contribution in [0.1, 0.15) is 24.1 Å². The normalized spacial score (nSPS) is 11.9. The van der Waals surface area contributed by atoms with E-state index in [0.717, 1.165) is 16.7 Å². The van der Waals surface area contributed by atoms with E-state index in [1.807, 2.05) is 73.8 Å². The molecule has 1 N–H and O–H groups in total. The van der Waals surface area contributed by atoms with E-state index >= 15 is 0 Å². The van der Waals surface area contributed by atoms with Crippen LogP contribution in [0.5, 0.6) is 0 Å². The molecule has 0 saturated heterocycles. The van der Waals surface area contributed by atoms with Crippen molar-refractivity contribution in [3.63, 3.8) is 0 Å². The van der Waals surface area contributed by atoms with E-state index in [-0.39, 0.29) is 23.3 Å². The molecule has 0 fully saturated rings. The zero-order valence-electron chi connectivity index (χ0n) is 18.6. The Labute approximate surface area is 201 Å². The average Bonchev–Trinajstić information content (AvgIpc) is 3.25. The number of fused-ring (bicyclic) bond motifs is 1. The first-order chi connectivity index (χ1) is 16.0. The van der Waals surface area contributed by atoms with Crippen molar-refractivity contribution in [2.24, 2.45) is 0 Å². The smallest absolute Gasteiger partial charge is 0.263 e. The zero-order valence-corrected chi connectivity index (χ0v) is 20.2. The molecule has 0 aliphatic heterocycles. The van der Waals surface area contributed by atoms with E-state index < -0.39 is 0 Å². The number of carbonyl (C=O) groups is 1. The van der Waals surface area contributed by atoms with Gasteiger partial charge < -0.3 is 5.32 Å². The molecule has 1 atom stereocenters. The molecule has 0 radical (unpaired) electrons. The van der Waals surface area contributed by atoms with Gasteiger partial charge in [0, 0.05) is 17.5 Å². The Kier molecular flexibility index (Phi) is 7.11. The summed E-state index contributed by atoms with van der Waals surface area (Å²) in [6.45, 7) is 8.11. The minimum Gasteiger partial charge on any atom is -0.349 e. The molecule has 4 aromatic rings. The van der Waals surface area contributed by atoms with Crippen LogP contribution < -0.4 is 10.9 Å². The number of hydrogen-bond donors (Lipinski definition) is 1. The van der Waals surface area contributed by atoms with Gasteiger partial charge in [-0.25, -0.2) is 4.98 Å². The Morgan fingerprint density at radius 2 is 1.94 bits per heavy atom. The highest BCUT2D eigenvalue weighted by molar-refractivity contribution is 7.99. The van der Waals surface area contributed by atoms with Crippen molar-refractivity contribution in [1.82, 2.24) is 14.9 Å². The number of aryl methyl sites for hydroxylation is 1. The van der Waals surface area contributed by atoms with Crippen molar-refractivity contribution in [2.45, 2.75) is 31.6 Å². The van der Waals surface area contributed by atoms with Gasteiger partial charge in [0.15, 0.2) is 5.16 Å². The highest BCUT2D eigenvalue weighted by atomic mass is 32.2. The molecule has 1 unspecified atom stereocenters. The number of hydrogen-bond acceptors (Lipinski definition) is 5. The summed E-state index contributed by atoms with van der Waals surface area (Å²) in [6, 6.07) is 17.8. The van der Waals surface area contributed by atoms with Crippen molar-refractivity contribution in [3.05, 3.63) is 94.1 Å². The fourth-order valence-electron chi connectivity index (χ4n) is 3.59. The number of benzene rings is 2. The number of aromatic nitrogens is 2. The van der Waals surface area contributed by atoms with E-state index in [2.05, 4.69) is 11.9 Å². The number of rotatable bonds is 8. The van der Waals surface area contributed by atoms with Crippen molar-refractivity contribution < 1.29 is 4.79 Å². The summed E-state index contributed by atoms with van der Waals surface area (Å²) in [5, 5.41) is 6.11. The lowest BCUT2D eigenvalue weighted by atomic mass is 10.1. The number of thioether (sulfide) groups is 1. The third-order valence-corrected chi connectivity index (χ3v) is 7.19. The number of allylic oxidation sites excluding steroid dienone is 1. The van der Waals surface area contributed by atoms with Gasteiger partial charge in [0.2, 0.25) is 5.91 Å². The highest BCUT2D eigenvalue weighted by Gasteiger charge is 2.18. The maximum Gasteiger partial charge on any atom is 0.263 e. The van der Waals surface area contributed by atoms with Gasteiger partial charge in [0.25, 0.3) is 5.56 Å². The third-order valence-electron chi connectivity index (χ3n) is 5.34. The number of nitrogens with one attached hydrogen (secondary N) is 1. The molecule has 0 bridgehead atoms. The molecule has 33 heavy (non-hydrogen) atoms. The molecule has 2 aromatic carbocycles. The van der Waals surface area contributed by atoms with Gasteiger partial charge in [-0.3, -0.25) is 14.2 Å². The van der Waals surface area contributed by atoms with Crippen molar-refractivity contribution in [3.8, 4) is 11.1 Å². The standard InChI is InChI=1S/C26H25N3O2S2/c1-4-14-29-25(31)23-21(20-12-10-17(2)11-13-20)15-32-24(23)28-26(29)33-16-22(30)27-18(3)19-8-6-5-7-9-19/h4-13,15,18H,1,14,16H2,2-3H3,(H,27,30). The summed E-state index contributed by atoms with van der Waals surface area (Å²) in [4.78, 5) is 31.4. The second-order valence-corrected chi connectivity index (χ2v) is 9.58. The molecule has 0 spiro atoms. The molecule has 2 aromatic heterocycles. The minimum atomic E-state index is -0.114. The predicted octanol–water partition coefficient (Wildman–Crippen LogP) is 5.59. The van der Waals surface area contributed by atoms with Crippen molar-refractivity contribution >= 4 is 39.2 Å². The Balaban J connectivity index is 1.59. The summed E-state index contributed by atoms with van der Waals surface area (Å²) in [7, 11) is 0. The molecule has 5 nitrogen and oxygen atoms in total. The molecular formula is C26H25N3O2S2. The average molecular weight is 476 g/mol. The number of nitrogens with zero attached hydrogens (tertiary/aromatic N) is 2. The lowest BCUT2D eigenvalue weighted by molar-refractivity contribution is -0.119. The van der Waals surface area contributed by atoms with Crippen LogP contribution in [0, 0.1) is 6.92 Å². The third kappa shape index (κ3) is 5.10. The fourth-order valence-corrected chi connectivity index (χ4v) is 5.40. The predicted molar refractivity (Wildman–Crippen MR) is 138 cm³/mol. The molecule has 1 amide bonds. The molecular weight excluding hydrogens is 450 g/mol. The van der Waals surface area contributed by atoms with Gasteiger partial charge in [-0.1, -0.05) is 78.0 Å². The van der Waals surface area contributed by atoms with Gasteiger partial charge >= 0.3 is 0 Å². The lowest BCUT2D eigenvalue weighted by Crippen LogP contribution is -2.29. The SMILES string of the molecule is C=CCn1c(SCC(=O)NC(C)c2ccccc2)nc2scc(-c3ccc(C)cc3)c2c1=O. The topological polar surface area (TPSA) is 64.0 Å². The lowest BCUT2D eigenvalue weighted by Gasteiger charge is -2.15. The number of carbonyl (C=O) groups excluding carboxylic acids is 1. The van der Waals surface area contributed by atoms with E-state index in [4.69, 9.17) is 4.98 Å². The zero-order chi connectivity index (χ0) is 23.4. The molecule has 2 heterocycles. The molecule has 0 saturated carbocycles. The van der Waals surface area contributed by atoms with Crippen LogP contribution in [0.3, 0.4) is 0 Å². The van der Waals surface area contributed by atoms with Gasteiger partial charge in [-0.2, -0.15) is 0 Å². The van der Waals surface area contributed by atoms with Gasteiger partial charge in [-0.05, 0) is 25.0 Å². The van der Waals surface area contributed by atoms with Crippen LogP contribution in [-0.4, -0.2) is 21.2 Å². The van der Waals surface area contributed by atoms with Crippen molar-refractivity contribution in [2.75, 3.05) is 5.75 Å². The highest BCUT2D eigenvalue weighted by Crippen LogP contribution is 2.32. The summed E-state index contributed by atoms with van der Waals surface area (Å²) < 4.78 is 1.60. The maximum atomic E-state index is 13.4. The Bertz CT molecular complexity index is 1340. The number of thiophene rings is 1. The van der Waals surface area contributed by atoms with Crippen LogP contribution in [0.25, 0.3) is 21.3 Å².